The number of hydrogen-bond acceptors (Lipinski definition) is 2. The summed E-state index contributed by atoms with van der Waals surface area (Å²) in [6.07, 6.45) is 0. The number of carbonyl (C=O) groups is 1. The van der Waals surface area contributed by atoms with E-state index < -0.39 is 0 Å². The molecule has 1 aromatic rings. The van der Waals surface area contributed by atoms with E-state index >= 15 is 0 Å². The highest BCUT2D eigenvalue weighted by Gasteiger charge is 2.08. The van der Waals surface area contributed by atoms with Crippen LogP contribution >= 0.6 is 15.9 Å². The van der Waals surface area contributed by atoms with Crippen LogP contribution in [0, 0.1) is 0 Å². The van der Waals surface area contributed by atoms with Crippen molar-refractivity contribution in [1.82, 2.24) is 0 Å². The molecule has 0 aliphatic rings. The van der Waals surface area contributed by atoms with Gasteiger partial charge < -0.3 is 5.11 Å². The Morgan fingerprint density at radius 2 is 1.85 bits per heavy atom. The first-order valence-electron chi connectivity index (χ1n) is 3.78. The minimum Gasteiger partial charge on any atom is -0.506 e. The Bertz CT molecular complexity index is 341. The Kier molecular flexibility index (Phi) is 3.25. The molecule has 0 aliphatic heterocycles. The Labute approximate surface area is 85.0 Å². The Balaban J connectivity index is 3.11. The van der Waals surface area contributed by atoms with Gasteiger partial charge in [0.05, 0.1) is 0 Å². The average Bonchev–Trinajstić information content (AvgIpc) is 2.17. The quantitative estimate of drug-likeness (QED) is 0.638. The lowest BCUT2D eigenvalue weighted by Crippen LogP contribution is -1.94. The predicted molar refractivity (Wildman–Crippen MR) is 55.6 cm³/mol. The molecule has 0 fully saturated rings. The average molecular weight is 241 g/mol. The third-order valence-corrected chi connectivity index (χ3v) is 2.50. The summed E-state index contributed by atoms with van der Waals surface area (Å²) >= 11 is 3.02. The van der Waals surface area contributed by atoms with E-state index in [1.165, 1.54) is 6.92 Å². The summed E-state index contributed by atoms with van der Waals surface area (Å²) in [6, 6.07) is 8.91. The van der Waals surface area contributed by atoms with E-state index in [9.17, 15) is 9.90 Å². The minimum absolute atomic E-state index is 0.0203. The van der Waals surface area contributed by atoms with Crippen LogP contribution in [-0.4, -0.2) is 10.9 Å². The fraction of sp³-hybridized carbons (Fsp3) is 0.100. The van der Waals surface area contributed by atoms with Crippen LogP contribution in [-0.2, 0) is 4.79 Å². The summed E-state index contributed by atoms with van der Waals surface area (Å²) in [5, 5.41) is 9.57. The lowest BCUT2D eigenvalue weighted by Gasteiger charge is -2.01. The predicted octanol–water partition coefficient (Wildman–Crippen LogP) is 2.90. The number of hydrogen-bond donors (Lipinski definition) is 1. The largest absolute Gasteiger partial charge is 0.506 e. The number of rotatable bonds is 2. The lowest BCUT2D eigenvalue weighted by atomic mass is 10.1. The van der Waals surface area contributed by atoms with Gasteiger partial charge in [0, 0.05) is 5.56 Å². The van der Waals surface area contributed by atoms with Crippen molar-refractivity contribution in [2.75, 3.05) is 0 Å². The van der Waals surface area contributed by atoms with Crippen LogP contribution in [0.5, 0.6) is 0 Å². The molecule has 1 rings (SSSR count). The van der Waals surface area contributed by atoms with Gasteiger partial charge >= 0.3 is 0 Å². The standard InChI is InChI=1S/C10H9BrO2/c1-7(12)9(11)10(13)8-5-3-2-4-6-8/h2-6,13H,1H3/b10-9-. The second kappa shape index (κ2) is 4.23. The van der Waals surface area contributed by atoms with Crippen LogP contribution in [0.15, 0.2) is 34.8 Å². The van der Waals surface area contributed by atoms with E-state index in [2.05, 4.69) is 15.9 Å². The highest BCUT2D eigenvalue weighted by Crippen LogP contribution is 2.20. The van der Waals surface area contributed by atoms with Gasteiger partial charge in [0.15, 0.2) is 5.78 Å². The van der Waals surface area contributed by atoms with E-state index in [1.807, 2.05) is 6.07 Å². The lowest BCUT2D eigenvalue weighted by molar-refractivity contribution is -0.112. The van der Waals surface area contributed by atoms with E-state index in [4.69, 9.17) is 0 Å². The van der Waals surface area contributed by atoms with Crippen molar-refractivity contribution in [3.63, 3.8) is 0 Å². The molecule has 0 saturated carbocycles. The fourth-order valence-corrected chi connectivity index (χ4v) is 1.12. The van der Waals surface area contributed by atoms with Crippen molar-refractivity contribution in [3.8, 4) is 0 Å². The molecule has 68 valence electrons. The number of benzene rings is 1. The van der Waals surface area contributed by atoms with E-state index in [1.54, 1.807) is 24.3 Å². The number of halogens is 1. The van der Waals surface area contributed by atoms with Gasteiger partial charge in [-0.2, -0.15) is 0 Å². The van der Waals surface area contributed by atoms with Gasteiger partial charge in [0.25, 0.3) is 0 Å². The zero-order valence-electron chi connectivity index (χ0n) is 7.12. The highest BCUT2D eigenvalue weighted by atomic mass is 79.9. The van der Waals surface area contributed by atoms with E-state index in [0.717, 1.165) is 0 Å². The van der Waals surface area contributed by atoms with Gasteiger partial charge in [-0.3, -0.25) is 4.79 Å². The van der Waals surface area contributed by atoms with E-state index in [-0.39, 0.29) is 16.0 Å². The topological polar surface area (TPSA) is 37.3 Å². The normalized spacial score (nSPS) is 12.2. The van der Waals surface area contributed by atoms with Crippen molar-refractivity contribution in [1.29, 1.82) is 0 Å². The highest BCUT2D eigenvalue weighted by molar-refractivity contribution is 9.12. The number of Topliss-reactive ketones (excluding diaryl/α,β-unsaturated/α-hetero) is 1. The Morgan fingerprint density at radius 1 is 1.31 bits per heavy atom. The van der Waals surface area contributed by atoms with Crippen molar-refractivity contribution in [3.05, 3.63) is 40.4 Å². The third kappa shape index (κ3) is 2.42. The maximum absolute atomic E-state index is 10.9. The molecule has 0 unspecified atom stereocenters. The van der Waals surface area contributed by atoms with Gasteiger partial charge in [-0.25, -0.2) is 0 Å². The summed E-state index contributed by atoms with van der Waals surface area (Å²) in [4.78, 5) is 10.9. The number of ketones is 1. The molecular formula is C10H9BrO2. The molecule has 0 heterocycles. The molecule has 0 radical (unpaired) electrons. The van der Waals surface area contributed by atoms with Crippen molar-refractivity contribution in [2.24, 2.45) is 0 Å². The third-order valence-electron chi connectivity index (χ3n) is 1.56. The summed E-state index contributed by atoms with van der Waals surface area (Å²) in [6.45, 7) is 1.39. The second-order valence-electron chi connectivity index (χ2n) is 2.58. The fourth-order valence-electron chi connectivity index (χ4n) is 0.889. The molecule has 0 aromatic heterocycles. The summed E-state index contributed by atoms with van der Waals surface area (Å²) < 4.78 is 0.207. The molecule has 0 saturated heterocycles. The molecule has 0 atom stereocenters. The van der Waals surface area contributed by atoms with Gasteiger partial charge in [-0.15, -0.1) is 0 Å². The summed E-state index contributed by atoms with van der Waals surface area (Å²) in [7, 11) is 0. The van der Waals surface area contributed by atoms with Crippen LogP contribution in [0.4, 0.5) is 0 Å². The first-order chi connectivity index (χ1) is 6.13. The SMILES string of the molecule is CC(=O)/C(Br)=C(/O)c1ccccc1. The molecule has 0 amide bonds. The summed E-state index contributed by atoms with van der Waals surface area (Å²) in [5.74, 6) is -0.213. The Hall–Kier alpha value is -1.09. The molecular weight excluding hydrogens is 232 g/mol. The molecule has 0 spiro atoms. The monoisotopic (exact) mass is 240 g/mol. The molecule has 13 heavy (non-hydrogen) atoms. The Morgan fingerprint density at radius 3 is 2.31 bits per heavy atom. The molecule has 1 N–H and O–H groups in total. The van der Waals surface area contributed by atoms with Gasteiger partial charge in [-0.1, -0.05) is 30.3 Å². The van der Waals surface area contributed by atoms with E-state index in [0.29, 0.717) is 5.56 Å². The first kappa shape index (κ1) is 9.99. The van der Waals surface area contributed by atoms with Crippen LogP contribution in [0.2, 0.25) is 0 Å². The second-order valence-corrected chi connectivity index (χ2v) is 3.38. The van der Waals surface area contributed by atoms with Gasteiger partial charge in [0.2, 0.25) is 0 Å². The number of allylic oxidation sites excluding steroid dienone is 1. The van der Waals surface area contributed by atoms with Crippen molar-refractivity contribution >= 4 is 27.5 Å². The van der Waals surface area contributed by atoms with Crippen LogP contribution in [0.25, 0.3) is 5.76 Å². The van der Waals surface area contributed by atoms with Crippen LogP contribution < -0.4 is 0 Å². The van der Waals surface area contributed by atoms with Gasteiger partial charge in [-0.05, 0) is 22.9 Å². The molecule has 1 aromatic carbocycles. The zero-order chi connectivity index (χ0) is 9.84. The number of carbonyl (C=O) groups excluding carboxylic acids is 1. The van der Waals surface area contributed by atoms with Crippen LogP contribution in [0.3, 0.4) is 0 Å². The molecule has 3 heteroatoms. The van der Waals surface area contributed by atoms with Crippen molar-refractivity contribution < 1.29 is 9.90 Å². The maximum atomic E-state index is 10.9. The number of aliphatic hydroxyl groups excluding tert-OH is 1. The molecule has 2 nitrogen and oxygen atoms in total. The summed E-state index contributed by atoms with van der Waals surface area (Å²) in [5.41, 5.74) is 0.629. The molecule has 0 aliphatic carbocycles. The van der Waals surface area contributed by atoms with Crippen molar-refractivity contribution in [2.45, 2.75) is 6.92 Å². The molecule has 0 bridgehead atoms. The van der Waals surface area contributed by atoms with Crippen LogP contribution in [0.1, 0.15) is 12.5 Å². The first-order valence-corrected chi connectivity index (χ1v) is 4.57. The van der Waals surface area contributed by atoms with Gasteiger partial charge in [0.1, 0.15) is 10.2 Å². The smallest absolute Gasteiger partial charge is 0.170 e. The minimum atomic E-state index is -0.193. The number of aliphatic hydroxyl groups is 1. The zero-order valence-corrected chi connectivity index (χ0v) is 8.71. The maximum Gasteiger partial charge on any atom is 0.170 e.